The maximum Gasteiger partial charge on any atom is 0.282 e. The summed E-state index contributed by atoms with van der Waals surface area (Å²) < 4.78 is 4.90. The van der Waals surface area contributed by atoms with E-state index in [9.17, 15) is 14.9 Å². The lowest BCUT2D eigenvalue weighted by Gasteiger charge is -2.21. The maximum atomic E-state index is 12.4. The molecule has 8 heteroatoms. The second-order valence-corrected chi connectivity index (χ2v) is 4.23. The van der Waals surface area contributed by atoms with E-state index >= 15 is 0 Å². The minimum atomic E-state index is -0.633. The Bertz CT molecular complexity index is 568. The normalized spacial score (nSPS) is 9.90. The van der Waals surface area contributed by atoms with Gasteiger partial charge in [0.05, 0.1) is 24.0 Å². The third-order valence-electron chi connectivity index (χ3n) is 2.79. The van der Waals surface area contributed by atoms with Gasteiger partial charge >= 0.3 is 0 Å². The zero-order chi connectivity index (χ0) is 15.8. The molecular weight excluding hydrogens is 276 g/mol. The molecule has 1 amide bonds. The number of hydrogen-bond acceptors (Lipinski definition) is 6. The minimum absolute atomic E-state index is 0.0888. The van der Waals surface area contributed by atoms with E-state index in [2.05, 4.69) is 0 Å². The number of hydrogen-bond donors (Lipinski definition) is 1. The lowest BCUT2D eigenvalue weighted by Crippen LogP contribution is -2.35. The minimum Gasteiger partial charge on any atom is -0.399 e. The van der Waals surface area contributed by atoms with Gasteiger partial charge in [-0.25, -0.2) is 0 Å². The molecule has 0 heterocycles. The highest BCUT2D eigenvalue weighted by molar-refractivity contribution is 5.99. The molecule has 112 valence electrons. The first-order valence-electron chi connectivity index (χ1n) is 6.20. The molecule has 0 aliphatic rings. The Morgan fingerprint density at radius 2 is 2.24 bits per heavy atom. The number of nitrogens with two attached hydrogens (primary N) is 1. The number of nitrogens with zero attached hydrogens (tertiary/aromatic N) is 3. The average molecular weight is 292 g/mol. The smallest absolute Gasteiger partial charge is 0.282 e. The predicted octanol–water partition coefficient (Wildman–Crippen LogP) is 1.18. The molecule has 0 radical (unpaired) electrons. The number of methoxy groups -OCH3 is 1. The highest BCUT2D eigenvalue weighted by Crippen LogP contribution is 2.23. The highest BCUT2D eigenvalue weighted by Gasteiger charge is 2.24. The van der Waals surface area contributed by atoms with Crippen molar-refractivity contribution in [1.29, 1.82) is 5.26 Å². The second-order valence-electron chi connectivity index (χ2n) is 4.23. The Labute approximate surface area is 121 Å². The van der Waals surface area contributed by atoms with Crippen LogP contribution in [0.3, 0.4) is 0 Å². The number of benzene rings is 1. The van der Waals surface area contributed by atoms with Crippen LogP contribution < -0.4 is 5.73 Å². The van der Waals surface area contributed by atoms with E-state index in [-0.39, 0.29) is 43.1 Å². The molecule has 0 unspecified atom stereocenters. The first-order valence-corrected chi connectivity index (χ1v) is 6.20. The fraction of sp³-hybridized carbons (Fsp3) is 0.385. The van der Waals surface area contributed by atoms with E-state index in [0.29, 0.717) is 0 Å². The van der Waals surface area contributed by atoms with E-state index in [1.54, 1.807) is 0 Å². The molecule has 0 saturated carbocycles. The van der Waals surface area contributed by atoms with Crippen LogP contribution in [0.4, 0.5) is 11.4 Å². The lowest BCUT2D eigenvalue weighted by atomic mass is 10.1. The number of anilines is 1. The molecule has 0 aliphatic carbocycles. The average Bonchev–Trinajstić information content (AvgIpc) is 2.46. The van der Waals surface area contributed by atoms with E-state index in [1.807, 2.05) is 6.07 Å². The summed E-state index contributed by atoms with van der Waals surface area (Å²) in [5, 5.41) is 19.6. The molecule has 8 nitrogen and oxygen atoms in total. The Kier molecular flexibility index (Phi) is 6.10. The van der Waals surface area contributed by atoms with Crippen LogP contribution in [0.2, 0.25) is 0 Å². The number of nitro benzene ring substituents is 1. The Morgan fingerprint density at radius 3 is 2.81 bits per heavy atom. The van der Waals surface area contributed by atoms with Crippen molar-refractivity contribution >= 4 is 17.3 Å². The van der Waals surface area contributed by atoms with E-state index in [1.165, 1.54) is 30.2 Å². The van der Waals surface area contributed by atoms with Crippen molar-refractivity contribution in [3.05, 3.63) is 33.9 Å². The third-order valence-corrected chi connectivity index (χ3v) is 2.79. The van der Waals surface area contributed by atoms with E-state index < -0.39 is 10.8 Å². The molecule has 0 spiro atoms. The Balaban J connectivity index is 3.09. The van der Waals surface area contributed by atoms with Gasteiger partial charge < -0.3 is 15.4 Å². The van der Waals surface area contributed by atoms with Crippen molar-refractivity contribution in [2.45, 2.75) is 6.42 Å². The van der Waals surface area contributed by atoms with Crippen LogP contribution >= 0.6 is 0 Å². The number of ether oxygens (including phenoxy) is 1. The monoisotopic (exact) mass is 292 g/mol. The highest BCUT2D eigenvalue weighted by atomic mass is 16.6. The number of nitrogen functional groups attached to an aromatic ring is 1. The van der Waals surface area contributed by atoms with Crippen LogP contribution in [0, 0.1) is 21.4 Å². The van der Waals surface area contributed by atoms with Crippen molar-refractivity contribution < 1.29 is 14.5 Å². The lowest BCUT2D eigenvalue weighted by molar-refractivity contribution is -0.385. The van der Waals surface area contributed by atoms with Gasteiger partial charge in [-0.1, -0.05) is 0 Å². The van der Waals surface area contributed by atoms with Crippen molar-refractivity contribution in [2.24, 2.45) is 0 Å². The van der Waals surface area contributed by atoms with Gasteiger partial charge in [0.2, 0.25) is 0 Å². The zero-order valence-electron chi connectivity index (χ0n) is 11.6. The number of carbonyl (C=O) groups is 1. The number of nitriles is 1. The number of nitro groups is 1. The maximum absolute atomic E-state index is 12.4. The van der Waals surface area contributed by atoms with Gasteiger partial charge in [-0.3, -0.25) is 14.9 Å². The molecule has 0 aliphatic heterocycles. The summed E-state index contributed by atoms with van der Waals surface area (Å²) in [6.45, 7) is 0.681. The molecule has 0 fully saturated rings. The van der Waals surface area contributed by atoms with Crippen molar-refractivity contribution in [3.8, 4) is 6.07 Å². The predicted molar refractivity (Wildman–Crippen MR) is 75.5 cm³/mol. The molecule has 21 heavy (non-hydrogen) atoms. The van der Waals surface area contributed by atoms with Crippen molar-refractivity contribution in [1.82, 2.24) is 4.90 Å². The standard InChI is InChI=1S/C13H16N4O4/c1-21-8-7-16(6-2-5-14)13(18)11-9-10(15)3-4-12(11)17(19)20/h3-4,9H,2,6-8,15H2,1H3. The Hall–Kier alpha value is -2.66. The van der Waals surface area contributed by atoms with Crippen LogP contribution in [0.15, 0.2) is 18.2 Å². The van der Waals surface area contributed by atoms with Gasteiger partial charge in [-0.2, -0.15) is 5.26 Å². The third kappa shape index (κ3) is 4.43. The van der Waals surface area contributed by atoms with Gasteiger partial charge in [0, 0.05) is 32.0 Å². The summed E-state index contributed by atoms with van der Waals surface area (Å²) in [7, 11) is 1.48. The summed E-state index contributed by atoms with van der Waals surface area (Å²) in [6, 6.07) is 5.77. The van der Waals surface area contributed by atoms with Gasteiger partial charge in [-0.15, -0.1) is 0 Å². The molecule has 0 saturated heterocycles. The quantitative estimate of drug-likeness (QED) is 0.457. The molecule has 1 rings (SSSR count). The fourth-order valence-corrected chi connectivity index (χ4v) is 1.76. The summed E-state index contributed by atoms with van der Waals surface area (Å²) in [5.74, 6) is -0.540. The van der Waals surface area contributed by atoms with Crippen LogP contribution in [-0.4, -0.2) is 42.5 Å². The van der Waals surface area contributed by atoms with E-state index in [4.69, 9.17) is 15.7 Å². The van der Waals surface area contributed by atoms with Crippen LogP contribution in [0.5, 0.6) is 0 Å². The number of carbonyl (C=O) groups excluding carboxylic acids is 1. The van der Waals surface area contributed by atoms with Crippen molar-refractivity contribution in [3.63, 3.8) is 0 Å². The van der Waals surface area contributed by atoms with Gasteiger partial charge in [0.25, 0.3) is 11.6 Å². The Morgan fingerprint density at radius 1 is 1.52 bits per heavy atom. The molecule has 0 bridgehead atoms. The molecule has 1 aromatic rings. The SMILES string of the molecule is COCCN(CCC#N)C(=O)c1cc(N)ccc1[N+](=O)[O-]. The number of amides is 1. The first-order chi connectivity index (χ1) is 10.0. The van der Waals surface area contributed by atoms with Crippen molar-refractivity contribution in [2.75, 3.05) is 32.5 Å². The second kappa shape index (κ2) is 7.81. The summed E-state index contributed by atoms with van der Waals surface area (Å²) in [4.78, 5) is 24.1. The summed E-state index contributed by atoms with van der Waals surface area (Å²) >= 11 is 0. The molecule has 0 aromatic heterocycles. The topological polar surface area (TPSA) is 122 Å². The van der Waals surface area contributed by atoms with E-state index in [0.717, 1.165) is 0 Å². The van der Waals surface area contributed by atoms with Gasteiger partial charge in [0.1, 0.15) is 5.56 Å². The first kappa shape index (κ1) is 16.4. The summed E-state index contributed by atoms with van der Waals surface area (Å²) in [5.41, 5.74) is 5.46. The van der Waals surface area contributed by atoms with Crippen LogP contribution in [0.25, 0.3) is 0 Å². The van der Waals surface area contributed by atoms with Gasteiger partial charge in [-0.05, 0) is 12.1 Å². The fourth-order valence-electron chi connectivity index (χ4n) is 1.76. The summed E-state index contributed by atoms with van der Waals surface area (Å²) in [6.07, 6.45) is 0.131. The molecule has 2 N–H and O–H groups in total. The van der Waals surface area contributed by atoms with Crippen LogP contribution in [-0.2, 0) is 4.74 Å². The van der Waals surface area contributed by atoms with Crippen LogP contribution in [0.1, 0.15) is 16.8 Å². The molecule has 0 atom stereocenters. The molecule has 1 aromatic carbocycles. The van der Waals surface area contributed by atoms with Gasteiger partial charge in [0.15, 0.2) is 0 Å². The zero-order valence-corrected chi connectivity index (χ0v) is 11.6. The number of rotatable bonds is 7. The largest absolute Gasteiger partial charge is 0.399 e. The molecular formula is C13H16N4O4.